The van der Waals surface area contributed by atoms with Gasteiger partial charge in [0.2, 0.25) is 12.0 Å². The van der Waals surface area contributed by atoms with Crippen molar-refractivity contribution in [3.63, 3.8) is 0 Å². The highest BCUT2D eigenvalue weighted by molar-refractivity contribution is 6.13. The number of carbonyl (C=O) groups is 2. The maximum Gasteiger partial charge on any atom is 0.220 e. The molecule has 0 N–H and O–H groups in total. The van der Waals surface area contributed by atoms with Gasteiger partial charge < -0.3 is 0 Å². The van der Waals surface area contributed by atoms with Gasteiger partial charge in [0, 0.05) is 12.0 Å². The number of aryl methyl sites for hydroxylation is 2. The molecule has 0 saturated carbocycles. The number of halogens is 1. The van der Waals surface area contributed by atoms with Crippen LogP contribution in [0.2, 0.25) is 0 Å². The first-order valence-corrected chi connectivity index (χ1v) is 7.23. The molecular weight excluding hydrogens is 255 g/mol. The van der Waals surface area contributed by atoms with Crippen LogP contribution < -0.4 is 0 Å². The Morgan fingerprint density at radius 2 is 1.80 bits per heavy atom. The second-order valence-corrected chi connectivity index (χ2v) is 5.49. The Hall–Kier alpha value is -1.51. The van der Waals surface area contributed by atoms with Gasteiger partial charge in [-0.1, -0.05) is 45.9 Å². The molecule has 0 fully saturated rings. The largest absolute Gasteiger partial charge is 0.296 e. The Balaban J connectivity index is 2.99. The van der Waals surface area contributed by atoms with Gasteiger partial charge >= 0.3 is 0 Å². The molecule has 1 rings (SSSR count). The molecule has 0 aliphatic rings. The third kappa shape index (κ3) is 3.99. The van der Waals surface area contributed by atoms with Gasteiger partial charge in [-0.25, -0.2) is 4.39 Å². The monoisotopic (exact) mass is 278 g/mol. The molecule has 1 atom stereocenters. The van der Waals surface area contributed by atoms with E-state index in [2.05, 4.69) is 0 Å². The lowest BCUT2D eigenvalue weighted by atomic mass is 9.93. The van der Waals surface area contributed by atoms with Crippen molar-refractivity contribution in [2.75, 3.05) is 0 Å². The molecule has 0 heterocycles. The van der Waals surface area contributed by atoms with E-state index >= 15 is 0 Å². The lowest BCUT2D eigenvalue weighted by Crippen LogP contribution is -2.27. The smallest absolute Gasteiger partial charge is 0.220 e. The van der Waals surface area contributed by atoms with E-state index in [1.54, 1.807) is 6.07 Å². The molecule has 110 valence electrons. The van der Waals surface area contributed by atoms with Crippen molar-refractivity contribution in [1.29, 1.82) is 0 Å². The first kappa shape index (κ1) is 16.5. The van der Waals surface area contributed by atoms with E-state index in [9.17, 15) is 14.0 Å². The maximum absolute atomic E-state index is 14.0. The van der Waals surface area contributed by atoms with Gasteiger partial charge in [-0.05, 0) is 29.9 Å². The minimum atomic E-state index is -2.03. The van der Waals surface area contributed by atoms with E-state index in [1.807, 2.05) is 39.8 Å². The Labute approximate surface area is 120 Å². The summed E-state index contributed by atoms with van der Waals surface area (Å²) in [7, 11) is 0. The molecule has 0 bridgehead atoms. The molecule has 0 amide bonds. The fourth-order valence-corrected chi connectivity index (χ4v) is 2.19. The molecule has 0 radical (unpaired) electrons. The van der Waals surface area contributed by atoms with Crippen LogP contribution in [0.15, 0.2) is 18.2 Å². The van der Waals surface area contributed by atoms with E-state index in [1.165, 1.54) is 0 Å². The summed E-state index contributed by atoms with van der Waals surface area (Å²) in [5, 5.41) is 0. The average Bonchev–Trinajstić information content (AvgIpc) is 2.44. The fourth-order valence-electron chi connectivity index (χ4n) is 2.19. The summed E-state index contributed by atoms with van der Waals surface area (Å²) in [6.07, 6.45) is -0.413. The number of hydrogen-bond acceptors (Lipinski definition) is 2. The first-order chi connectivity index (χ1) is 9.40. The number of benzene rings is 1. The molecule has 1 aromatic carbocycles. The molecule has 3 heteroatoms. The summed E-state index contributed by atoms with van der Waals surface area (Å²) in [5.41, 5.74) is 2.27. The summed E-state index contributed by atoms with van der Waals surface area (Å²) >= 11 is 0. The predicted molar refractivity (Wildman–Crippen MR) is 78.9 cm³/mol. The van der Waals surface area contributed by atoms with Gasteiger partial charge in [0.1, 0.15) is 0 Å². The van der Waals surface area contributed by atoms with Crippen LogP contribution in [0.25, 0.3) is 0 Å². The normalized spacial score (nSPS) is 12.5. The summed E-state index contributed by atoms with van der Waals surface area (Å²) in [4.78, 5) is 23.8. The van der Waals surface area contributed by atoms with Crippen LogP contribution in [0, 0.1) is 5.92 Å². The third-order valence-electron chi connectivity index (χ3n) is 3.35. The third-order valence-corrected chi connectivity index (χ3v) is 3.35. The highest BCUT2D eigenvalue weighted by Gasteiger charge is 2.28. The van der Waals surface area contributed by atoms with Crippen LogP contribution in [0.4, 0.5) is 4.39 Å². The van der Waals surface area contributed by atoms with Crippen molar-refractivity contribution in [3.8, 4) is 0 Å². The topological polar surface area (TPSA) is 34.1 Å². The predicted octanol–water partition coefficient (Wildman–Crippen LogP) is 3.95. The molecule has 0 spiro atoms. The van der Waals surface area contributed by atoms with Gasteiger partial charge in [0.05, 0.1) is 0 Å². The van der Waals surface area contributed by atoms with Crippen LogP contribution in [0.1, 0.15) is 55.6 Å². The average molecular weight is 278 g/mol. The van der Waals surface area contributed by atoms with E-state index < -0.39 is 17.7 Å². The summed E-state index contributed by atoms with van der Waals surface area (Å²) in [6, 6.07) is 5.40. The van der Waals surface area contributed by atoms with Gasteiger partial charge in [0.15, 0.2) is 5.78 Å². The summed E-state index contributed by atoms with van der Waals surface area (Å²) in [5.74, 6) is -1.26. The van der Waals surface area contributed by atoms with Crippen LogP contribution >= 0.6 is 0 Å². The molecular formula is C17H23FO2. The highest BCUT2D eigenvalue weighted by atomic mass is 19.1. The number of hydrogen-bond donors (Lipinski definition) is 0. The zero-order chi connectivity index (χ0) is 15.3. The standard InChI is InChI=1S/C17H23FO2/c1-5-12-7-8-14(13(6-2)10-12)17(20)16(18)15(19)9-11(3)4/h7-8,10-11,16H,5-6,9H2,1-4H3. The first-order valence-electron chi connectivity index (χ1n) is 7.23. The molecule has 0 aromatic heterocycles. The lowest BCUT2D eigenvalue weighted by Gasteiger charge is -2.12. The van der Waals surface area contributed by atoms with E-state index in [4.69, 9.17) is 0 Å². The van der Waals surface area contributed by atoms with Gasteiger partial charge in [-0.3, -0.25) is 9.59 Å². The van der Waals surface area contributed by atoms with E-state index in [-0.39, 0.29) is 12.3 Å². The second-order valence-electron chi connectivity index (χ2n) is 5.49. The van der Waals surface area contributed by atoms with Crippen molar-refractivity contribution >= 4 is 11.6 Å². The van der Waals surface area contributed by atoms with Crippen molar-refractivity contribution in [1.82, 2.24) is 0 Å². The Bertz CT molecular complexity index is 492. The minimum absolute atomic E-state index is 0.0571. The van der Waals surface area contributed by atoms with E-state index in [0.29, 0.717) is 12.0 Å². The highest BCUT2D eigenvalue weighted by Crippen LogP contribution is 2.18. The quantitative estimate of drug-likeness (QED) is 0.559. The van der Waals surface area contributed by atoms with Gasteiger partial charge in [-0.2, -0.15) is 0 Å². The van der Waals surface area contributed by atoms with Crippen LogP contribution in [-0.4, -0.2) is 17.7 Å². The number of Topliss-reactive ketones (excluding diaryl/α,β-unsaturated/α-hetero) is 2. The Kier molecular flexibility index (Phi) is 6.05. The molecule has 0 aliphatic heterocycles. The number of alkyl halides is 1. The molecule has 0 aliphatic carbocycles. The minimum Gasteiger partial charge on any atom is -0.296 e. The summed E-state index contributed by atoms with van der Waals surface area (Å²) in [6.45, 7) is 7.63. The van der Waals surface area contributed by atoms with Crippen LogP contribution in [0.3, 0.4) is 0 Å². The number of rotatable bonds is 7. The zero-order valence-corrected chi connectivity index (χ0v) is 12.7. The van der Waals surface area contributed by atoms with Gasteiger partial charge in [-0.15, -0.1) is 0 Å². The fraction of sp³-hybridized carbons (Fsp3) is 0.529. The van der Waals surface area contributed by atoms with Crippen molar-refractivity contribution < 1.29 is 14.0 Å². The van der Waals surface area contributed by atoms with Crippen molar-refractivity contribution in [2.24, 2.45) is 5.92 Å². The molecule has 1 aromatic rings. The van der Waals surface area contributed by atoms with Crippen molar-refractivity contribution in [2.45, 2.75) is 53.1 Å². The van der Waals surface area contributed by atoms with Crippen molar-refractivity contribution in [3.05, 3.63) is 34.9 Å². The maximum atomic E-state index is 14.0. The molecule has 1 unspecified atom stereocenters. The number of ketones is 2. The lowest BCUT2D eigenvalue weighted by molar-refractivity contribution is -0.122. The van der Waals surface area contributed by atoms with E-state index in [0.717, 1.165) is 17.5 Å². The van der Waals surface area contributed by atoms with Crippen LogP contribution in [0.5, 0.6) is 0 Å². The summed E-state index contributed by atoms with van der Waals surface area (Å²) < 4.78 is 14.0. The zero-order valence-electron chi connectivity index (χ0n) is 12.7. The molecule has 2 nitrogen and oxygen atoms in total. The Morgan fingerprint density at radius 3 is 2.30 bits per heavy atom. The van der Waals surface area contributed by atoms with Crippen LogP contribution in [-0.2, 0) is 17.6 Å². The number of carbonyl (C=O) groups excluding carboxylic acids is 2. The Morgan fingerprint density at radius 1 is 1.15 bits per heavy atom. The SMILES string of the molecule is CCc1ccc(C(=O)C(F)C(=O)CC(C)C)c(CC)c1. The van der Waals surface area contributed by atoms with Gasteiger partial charge in [0.25, 0.3) is 0 Å². The molecule has 20 heavy (non-hydrogen) atoms. The molecule has 0 saturated heterocycles. The second kappa shape index (κ2) is 7.32.